The molecule has 0 radical (unpaired) electrons. The first-order valence-corrected chi connectivity index (χ1v) is 3.86. The van der Waals surface area contributed by atoms with Crippen molar-refractivity contribution < 1.29 is 9.47 Å². The van der Waals surface area contributed by atoms with E-state index in [1.54, 1.807) is 13.3 Å². The van der Waals surface area contributed by atoms with Crippen molar-refractivity contribution in [2.24, 2.45) is 0 Å². The van der Waals surface area contributed by atoms with Crippen LogP contribution in [0.15, 0.2) is 12.3 Å². The van der Waals surface area contributed by atoms with Gasteiger partial charge < -0.3 is 9.47 Å². The van der Waals surface area contributed by atoms with Crippen molar-refractivity contribution in [1.82, 2.24) is 4.98 Å². The summed E-state index contributed by atoms with van der Waals surface area (Å²) in [5.74, 6) is 0.584. The van der Waals surface area contributed by atoms with Gasteiger partial charge >= 0.3 is 0 Å². The molecule has 0 fully saturated rings. The molecular formula is C8H10ClNO2. The van der Waals surface area contributed by atoms with Gasteiger partial charge in [-0.2, -0.15) is 0 Å². The fraction of sp³-hybridized carbons (Fsp3) is 0.375. The number of hydrogen-bond donors (Lipinski definition) is 0. The monoisotopic (exact) mass is 187 g/mol. The molecule has 66 valence electrons. The highest BCUT2D eigenvalue weighted by Gasteiger charge is 2.04. The summed E-state index contributed by atoms with van der Waals surface area (Å²) in [5.41, 5.74) is 0.951. The van der Waals surface area contributed by atoms with Crippen molar-refractivity contribution in [3.63, 3.8) is 0 Å². The number of hydrogen-bond acceptors (Lipinski definition) is 3. The molecule has 0 atom stereocenters. The lowest BCUT2D eigenvalue weighted by Crippen LogP contribution is -2.01. The summed E-state index contributed by atoms with van der Waals surface area (Å²) in [6, 6.07) is 1.83. The van der Waals surface area contributed by atoms with E-state index in [9.17, 15) is 0 Å². The zero-order valence-electron chi connectivity index (χ0n) is 7.00. The topological polar surface area (TPSA) is 31.4 Å². The van der Waals surface area contributed by atoms with Crippen molar-refractivity contribution >= 4 is 11.6 Å². The molecule has 0 saturated carbocycles. The van der Waals surface area contributed by atoms with Crippen LogP contribution in [-0.4, -0.2) is 18.9 Å². The first kappa shape index (κ1) is 9.29. The second-order valence-corrected chi connectivity index (χ2v) is 2.66. The van der Waals surface area contributed by atoms with Crippen LogP contribution in [-0.2, 0) is 4.74 Å². The van der Waals surface area contributed by atoms with Gasteiger partial charge in [-0.1, -0.05) is 11.6 Å². The van der Waals surface area contributed by atoms with E-state index in [1.807, 2.05) is 13.0 Å². The minimum absolute atomic E-state index is 0.187. The van der Waals surface area contributed by atoms with Gasteiger partial charge in [0.05, 0.1) is 0 Å². The van der Waals surface area contributed by atoms with Gasteiger partial charge in [-0.3, -0.25) is 0 Å². The number of rotatable bonds is 3. The Bertz CT molecular complexity index is 245. The SMILES string of the molecule is COCOc1c(C)ccnc1Cl. The molecule has 0 aliphatic rings. The highest BCUT2D eigenvalue weighted by atomic mass is 35.5. The summed E-state index contributed by atoms with van der Waals surface area (Å²) in [6.07, 6.45) is 1.64. The van der Waals surface area contributed by atoms with Crippen LogP contribution < -0.4 is 4.74 Å². The Morgan fingerprint density at radius 2 is 2.33 bits per heavy atom. The molecule has 12 heavy (non-hydrogen) atoms. The third kappa shape index (κ3) is 2.09. The summed E-state index contributed by atoms with van der Waals surface area (Å²) >= 11 is 5.77. The van der Waals surface area contributed by atoms with Gasteiger partial charge in [-0.25, -0.2) is 4.98 Å². The Kier molecular flexibility index (Phi) is 3.31. The van der Waals surface area contributed by atoms with Gasteiger partial charge in [0, 0.05) is 13.3 Å². The third-order valence-electron chi connectivity index (χ3n) is 1.38. The number of aromatic nitrogens is 1. The number of halogens is 1. The molecule has 0 saturated heterocycles. The molecule has 0 aromatic carbocycles. The number of nitrogens with zero attached hydrogens (tertiary/aromatic N) is 1. The molecule has 4 heteroatoms. The molecule has 1 rings (SSSR count). The molecule has 0 spiro atoms. The van der Waals surface area contributed by atoms with Crippen molar-refractivity contribution in [1.29, 1.82) is 0 Å². The Hall–Kier alpha value is -0.800. The van der Waals surface area contributed by atoms with Crippen molar-refractivity contribution in [3.8, 4) is 5.75 Å². The van der Waals surface area contributed by atoms with E-state index in [2.05, 4.69) is 4.98 Å². The van der Waals surface area contributed by atoms with E-state index in [0.717, 1.165) is 5.56 Å². The van der Waals surface area contributed by atoms with Crippen LogP contribution in [0.1, 0.15) is 5.56 Å². The molecule has 0 aliphatic heterocycles. The second kappa shape index (κ2) is 4.28. The molecule has 0 N–H and O–H groups in total. The van der Waals surface area contributed by atoms with Gasteiger partial charge in [-0.15, -0.1) is 0 Å². The first-order chi connectivity index (χ1) is 5.75. The van der Waals surface area contributed by atoms with Crippen LogP contribution in [0.4, 0.5) is 0 Å². The van der Waals surface area contributed by atoms with Crippen LogP contribution >= 0.6 is 11.6 Å². The second-order valence-electron chi connectivity index (χ2n) is 2.30. The molecule has 1 aromatic rings. The smallest absolute Gasteiger partial charge is 0.188 e. The minimum Gasteiger partial charge on any atom is -0.464 e. The minimum atomic E-state index is 0.187. The van der Waals surface area contributed by atoms with Crippen molar-refractivity contribution in [2.75, 3.05) is 13.9 Å². The highest BCUT2D eigenvalue weighted by Crippen LogP contribution is 2.25. The summed E-state index contributed by atoms with van der Waals surface area (Å²) in [7, 11) is 1.56. The van der Waals surface area contributed by atoms with Gasteiger partial charge in [0.1, 0.15) is 0 Å². The van der Waals surface area contributed by atoms with Crippen LogP contribution in [0, 0.1) is 6.92 Å². The predicted molar refractivity (Wildman–Crippen MR) is 46.5 cm³/mol. The van der Waals surface area contributed by atoms with E-state index in [-0.39, 0.29) is 6.79 Å². The predicted octanol–water partition coefficient (Wildman–Crippen LogP) is 2.03. The van der Waals surface area contributed by atoms with E-state index in [1.165, 1.54) is 0 Å². The van der Waals surface area contributed by atoms with E-state index >= 15 is 0 Å². The van der Waals surface area contributed by atoms with Gasteiger partial charge in [0.15, 0.2) is 17.7 Å². The quantitative estimate of drug-likeness (QED) is 0.536. The van der Waals surface area contributed by atoms with Crippen LogP contribution in [0.25, 0.3) is 0 Å². The van der Waals surface area contributed by atoms with E-state index in [4.69, 9.17) is 21.1 Å². The van der Waals surface area contributed by atoms with Crippen LogP contribution in [0.5, 0.6) is 5.75 Å². The standard InChI is InChI=1S/C8H10ClNO2/c1-6-3-4-10-8(9)7(6)12-5-11-2/h3-4H,5H2,1-2H3. The summed E-state index contributed by atoms with van der Waals surface area (Å²) in [5, 5.41) is 0.368. The maximum absolute atomic E-state index is 5.77. The lowest BCUT2D eigenvalue weighted by molar-refractivity contribution is 0.0504. The van der Waals surface area contributed by atoms with E-state index < -0.39 is 0 Å². The van der Waals surface area contributed by atoms with Gasteiger partial charge in [0.2, 0.25) is 0 Å². The Balaban J connectivity index is 2.81. The first-order valence-electron chi connectivity index (χ1n) is 3.48. The molecule has 0 amide bonds. The Morgan fingerprint density at radius 1 is 1.58 bits per heavy atom. The number of pyridine rings is 1. The molecule has 0 bridgehead atoms. The maximum Gasteiger partial charge on any atom is 0.188 e. The fourth-order valence-electron chi connectivity index (χ4n) is 0.803. The Labute approximate surface area is 76.3 Å². The Morgan fingerprint density at radius 3 is 2.92 bits per heavy atom. The summed E-state index contributed by atoms with van der Waals surface area (Å²) < 4.78 is 9.95. The number of methoxy groups -OCH3 is 1. The van der Waals surface area contributed by atoms with Gasteiger partial charge in [0.25, 0.3) is 0 Å². The molecule has 0 unspecified atom stereocenters. The zero-order valence-corrected chi connectivity index (χ0v) is 7.76. The van der Waals surface area contributed by atoms with Gasteiger partial charge in [-0.05, 0) is 18.6 Å². The number of ether oxygens (including phenoxy) is 2. The average Bonchev–Trinajstić information content (AvgIpc) is 2.04. The normalized spacial score (nSPS) is 9.92. The molecule has 0 aliphatic carbocycles. The van der Waals surface area contributed by atoms with Crippen molar-refractivity contribution in [3.05, 3.63) is 23.0 Å². The molecule has 1 heterocycles. The molecule has 3 nitrogen and oxygen atoms in total. The lowest BCUT2D eigenvalue weighted by atomic mass is 10.3. The van der Waals surface area contributed by atoms with Crippen LogP contribution in [0.3, 0.4) is 0 Å². The maximum atomic E-state index is 5.77. The average molecular weight is 188 g/mol. The molecular weight excluding hydrogens is 178 g/mol. The van der Waals surface area contributed by atoms with Crippen molar-refractivity contribution in [2.45, 2.75) is 6.92 Å². The zero-order chi connectivity index (χ0) is 8.97. The fourth-order valence-corrected chi connectivity index (χ4v) is 1.06. The molecule has 1 aromatic heterocycles. The lowest BCUT2D eigenvalue weighted by Gasteiger charge is -2.07. The summed E-state index contributed by atoms with van der Waals surface area (Å²) in [6.45, 7) is 2.09. The number of aryl methyl sites for hydroxylation is 1. The summed E-state index contributed by atoms with van der Waals surface area (Å²) in [4.78, 5) is 3.88. The largest absolute Gasteiger partial charge is 0.464 e. The third-order valence-corrected chi connectivity index (χ3v) is 1.65. The highest BCUT2D eigenvalue weighted by molar-refractivity contribution is 6.30. The van der Waals surface area contributed by atoms with Crippen LogP contribution in [0.2, 0.25) is 5.15 Å². The van der Waals surface area contributed by atoms with E-state index in [0.29, 0.717) is 10.9 Å².